The summed E-state index contributed by atoms with van der Waals surface area (Å²) in [6.07, 6.45) is 1.37. The number of thiophene rings is 1. The van der Waals surface area contributed by atoms with E-state index in [1.54, 1.807) is 13.8 Å². The summed E-state index contributed by atoms with van der Waals surface area (Å²) in [5.74, 6) is -0.604. The second-order valence-corrected chi connectivity index (χ2v) is 7.83. The van der Waals surface area contributed by atoms with Gasteiger partial charge in [0.15, 0.2) is 5.78 Å². The van der Waals surface area contributed by atoms with Crippen molar-refractivity contribution >= 4 is 33.3 Å². The summed E-state index contributed by atoms with van der Waals surface area (Å²) >= 11 is 1.13. The van der Waals surface area contributed by atoms with Crippen LogP contribution in [0.4, 0.5) is 0 Å². The topological polar surface area (TPSA) is 78.3 Å². The van der Waals surface area contributed by atoms with Crippen molar-refractivity contribution in [1.82, 2.24) is 9.55 Å². The van der Waals surface area contributed by atoms with Gasteiger partial charge in [0, 0.05) is 5.56 Å². The standard InChI is InChI=1S/C21H22N2O4S/c1-6-27-21(26)18-14(5)17-19(28-18)22-10-23(20(17)25)9-15(24)16-12(3)7-11(2)8-13(16)4/h7-8,10H,6,9H2,1-5H3. The van der Waals surface area contributed by atoms with E-state index in [9.17, 15) is 14.4 Å². The number of Topliss-reactive ketones (excluding diaryl/α,β-unsaturated/α-hetero) is 1. The van der Waals surface area contributed by atoms with Crippen LogP contribution in [0.2, 0.25) is 0 Å². The Balaban J connectivity index is 2.02. The van der Waals surface area contributed by atoms with E-state index in [0.29, 0.717) is 26.2 Å². The van der Waals surface area contributed by atoms with Gasteiger partial charge in [0.05, 0.1) is 24.9 Å². The molecule has 0 atom stereocenters. The number of ether oxygens (including phenoxy) is 1. The largest absolute Gasteiger partial charge is 0.462 e. The number of hydrogen-bond acceptors (Lipinski definition) is 6. The number of aromatic nitrogens is 2. The van der Waals surface area contributed by atoms with Gasteiger partial charge < -0.3 is 4.74 Å². The van der Waals surface area contributed by atoms with E-state index in [-0.39, 0.29) is 24.5 Å². The highest BCUT2D eigenvalue weighted by molar-refractivity contribution is 7.20. The van der Waals surface area contributed by atoms with E-state index in [4.69, 9.17) is 4.74 Å². The lowest BCUT2D eigenvalue weighted by molar-refractivity contribution is 0.0531. The molecule has 146 valence electrons. The molecule has 0 saturated carbocycles. The lowest BCUT2D eigenvalue weighted by atomic mass is 9.96. The third-order valence-corrected chi connectivity index (χ3v) is 5.83. The van der Waals surface area contributed by atoms with E-state index in [1.807, 2.05) is 32.9 Å². The molecule has 0 amide bonds. The van der Waals surface area contributed by atoms with Gasteiger partial charge in [-0.2, -0.15) is 0 Å². The number of carbonyl (C=O) groups is 2. The maximum atomic E-state index is 13.0. The molecular weight excluding hydrogens is 376 g/mol. The average Bonchev–Trinajstić information content (AvgIpc) is 2.94. The summed E-state index contributed by atoms with van der Waals surface area (Å²) in [5, 5.41) is 0.362. The Bertz CT molecular complexity index is 1130. The first-order valence-electron chi connectivity index (χ1n) is 9.01. The number of benzene rings is 1. The van der Waals surface area contributed by atoms with Crippen molar-refractivity contribution in [3.05, 3.63) is 61.5 Å². The fraction of sp³-hybridized carbons (Fsp3) is 0.333. The predicted octanol–water partition coefficient (Wildman–Crippen LogP) is 3.75. The maximum absolute atomic E-state index is 13.0. The lowest BCUT2D eigenvalue weighted by Crippen LogP contribution is -2.25. The van der Waals surface area contributed by atoms with Gasteiger partial charge in [-0.15, -0.1) is 11.3 Å². The summed E-state index contributed by atoms with van der Waals surface area (Å²) in [7, 11) is 0. The van der Waals surface area contributed by atoms with Gasteiger partial charge >= 0.3 is 5.97 Å². The molecule has 6 nitrogen and oxygen atoms in total. The Labute approximate surface area is 166 Å². The fourth-order valence-electron chi connectivity index (χ4n) is 3.52. The van der Waals surface area contributed by atoms with Crippen molar-refractivity contribution in [2.75, 3.05) is 6.61 Å². The Hall–Kier alpha value is -2.80. The molecule has 28 heavy (non-hydrogen) atoms. The zero-order chi connectivity index (χ0) is 20.6. The van der Waals surface area contributed by atoms with Crippen LogP contribution in [-0.4, -0.2) is 27.9 Å². The molecule has 2 aromatic heterocycles. The molecular formula is C21H22N2O4S. The van der Waals surface area contributed by atoms with Crippen LogP contribution in [0.1, 0.15) is 49.2 Å². The minimum atomic E-state index is -0.462. The molecule has 0 aliphatic heterocycles. The maximum Gasteiger partial charge on any atom is 0.348 e. The summed E-state index contributed by atoms with van der Waals surface area (Å²) in [6.45, 7) is 9.36. The molecule has 0 aliphatic rings. The van der Waals surface area contributed by atoms with Gasteiger partial charge in [0.25, 0.3) is 5.56 Å². The summed E-state index contributed by atoms with van der Waals surface area (Å²) in [6, 6.07) is 3.91. The molecule has 1 aromatic carbocycles. The molecule has 2 heterocycles. The molecule has 0 N–H and O–H groups in total. The van der Waals surface area contributed by atoms with Crippen molar-refractivity contribution in [1.29, 1.82) is 0 Å². The molecule has 0 radical (unpaired) electrons. The second kappa shape index (κ2) is 7.67. The molecule has 0 unspecified atom stereocenters. The zero-order valence-corrected chi connectivity index (χ0v) is 17.4. The monoisotopic (exact) mass is 398 g/mol. The first-order chi connectivity index (χ1) is 13.2. The van der Waals surface area contributed by atoms with E-state index < -0.39 is 5.97 Å². The van der Waals surface area contributed by atoms with Gasteiger partial charge in [-0.3, -0.25) is 14.2 Å². The van der Waals surface area contributed by atoms with Crippen LogP contribution in [0.15, 0.2) is 23.3 Å². The van der Waals surface area contributed by atoms with Crippen molar-refractivity contribution in [3.8, 4) is 0 Å². The number of esters is 1. The van der Waals surface area contributed by atoms with Crippen LogP contribution in [-0.2, 0) is 11.3 Å². The van der Waals surface area contributed by atoms with E-state index in [0.717, 1.165) is 28.0 Å². The lowest BCUT2D eigenvalue weighted by Gasteiger charge is -2.11. The van der Waals surface area contributed by atoms with E-state index >= 15 is 0 Å². The van der Waals surface area contributed by atoms with Crippen molar-refractivity contribution in [2.24, 2.45) is 0 Å². The van der Waals surface area contributed by atoms with Gasteiger partial charge in [-0.05, 0) is 51.3 Å². The third-order valence-electron chi connectivity index (χ3n) is 4.65. The first kappa shape index (κ1) is 19.9. The van der Waals surface area contributed by atoms with Crippen molar-refractivity contribution in [2.45, 2.75) is 41.2 Å². The fourth-order valence-corrected chi connectivity index (χ4v) is 4.55. The number of aryl methyl sites for hydroxylation is 4. The Morgan fingerprint density at radius 2 is 1.79 bits per heavy atom. The first-order valence-corrected chi connectivity index (χ1v) is 9.83. The van der Waals surface area contributed by atoms with E-state index in [2.05, 4.69) is 4.98 Å². The molecule has 0 spiro atoms. The molecule has 7 heteroatoms. The van der Waals surface area contributed by atoms with Crippen LogP contribution in [0, 0.1) is 27.7 Å². The Morgan fingerprint density at radius 1 is 1.14 bits per heavy atom. The molecule has 0 bridgehead atoms. The van der Waals surface area contributed by atoms with E-state index in [1.165, 1.54) is 10.9 Å². The van der Waals surface area contributed by atoms with Gasteiger partial charge in [0.1, 0.15) is 9.71 Å². The predicted molar refractivity (Wildman–Crippen MR) is 110 cm³/mol. The Kier molecular flexibility index (Phi) is 5.47. The number of nitrogens with zero attached hydrogens (tertiary/aromatic N) is 2. The smallest absolute Gasteiger partial charge is 0.348 e. The molecule has 3 aromatic rings. The average molecular weight is 398 g/mol. The SMILES string of the molecule is CCOC(=O)c1sc2ncn(CC(=O)c3c(C)cc(C)cc3C)c(=O)c2c1C. The highest BCUT2D eigenvalue weighted by Crippen LogP contribution is 2.27. The molecule has 0 saturated heterocycles. The van der Waals surface area contributed by atoms with Gasteiger partial charge in [-0.25, -0.2) is 9.78 Å². The number of fused-ring (bicyclic) bond motifs is 1. The van der Waals surface area contributed by atoms with Crippen LogP contribution in [0.5, 0.6) is 0 Å². The third kappa shape index (κ3) is 3.49. The normalized spacial score (nSPS) is 11.0. The number of ketones is 1. The number of hydrogen-bond donors (Lipinski definition) is 0. The number of rotatable bonds is 5. The summed E-state index contributed by atoms with van der Waals surface area (Å²) in [5.41, 5.74) is 3.71. The summed E-state index contributed by atoms with van der Waals surface area (Å²) in [4.78, 5) is 43.1. The number of carbonyl (C=O) groups excluding carboxylic acids is 2. The van der Waals surface area contributed by atoms with Gasteiger partial charge in [0.2, 0.25) is 0 Å². The van der Waals surface area contributed by atoms with Crippen molar-refractivity contribution in [3.63, 3.8) is 0 Å². The van der Waals surface area contributed by atoms with Crippen LogP contribution in [0.3, 0.4) is 0 Å². The van der Waals surface area contributed by atoms with Gasteiger partial charge in [-0.1, -0.05) is 17.7 Å². The van der Waals surface area contributed by atoms with Crippen LogP contribution in [0.25, 0.3) is 10.2 Å². The van der Waals surface area contributed by atoms with Crippen LogP contribution < -0.4 is 5.56 Å². The zero-order valence-electron chi connectivity index (χ0n) is 16.6. The highest BCUT2D eigenvalue weighted by Gasteiger charge is 2.21. The molecule has 3 rings (SSSR count). The quantitative estimate of drug-likeness (QED) is 0.483. The highest BCUT2D eigenvalue weighted by atomic mass is 32.1. The van der Waals surface area contributed by atoms with Crippen LogP contribution >= 0.6 is 11.3 Å². The molecule has 0 aliphatic carbocycles. The Morgan fingerprint density at radius 3 is 2.39 bits per heavy atom. The minimum Gasteiger partial charge on any atom is -0.462 e. The molecule has 0 fully saturated rings. The second-order valence-electron chi connectivity index (χ2n) is 6.83. The minimum absolute atomic E-state index is 0.101. The summed E-state index contributed by atoms with van der Waals surface area (Å²) < 4.78 is 6.35. The van der Waals surface area contributed by atoms with Crippen molar-refractivity contribution < 1.29 is 14.3 Å².